The average molecular weight is 456 g/mol. The molecule has 1 aliphatic heterocycles. The van der Waals surface area contributed by atoms with Crippen molar-refractivity contribution < 1.29 is 17.9 Å². The number of carbonyl (C=O) groups excluding carboxylic acids is 1. The number of pyridine rings is 1. The molecule has 0 unspecified atom stereocenters. The molecule has 27 heavy (non-hydrogen) atoms. The van der Waals surface area contributed by atoms with E-state index in [1.165, 1.54) is 45.4 Å². The number of nitrogens with one attached hydrogen (secondary N) is 1. The Kier molecular flexibility index (Phi) is 6.10. The minimum absolute atomic E-state index is 0.147. The number of sulfonamides is 1. The fourth-order valence-electron chi connectivity index (χ4n) is 2.63. The van der Waals surface area contributed by atoms with E-state index >= 15 is 0 Å². The second-order valence-corrected chi connectivity index (χ2v) is 8.76. The summed E-state index contributed by atoms with van der Waals surface area (Å²) < 4.78 is 33.7. The average Bonchev–Trinajstić information content (AvgIpc) is 2.66. The number of halogens is 1. The minimum Gasteiger partial charge on any atom is -0.379 e. The molecule has 0 saturated carbocycles. The van der Waals surface area contributed by atoms with Gasteiger partial charge in [0.1, 0.15) is 6.54 Å². The van der Waals surface area contributed by atoms with Crippen molar-refractivity contribution in [2.24, 2.45) is 0 Å². The Balaban J connectivity index is 1.67. The molecule has 1 N–H and O–H groups in total. The molecule has 0 aliphatic carbocycles. The molecular formula is C17H18BrN3O5S. The van der Waals surface area contributed by atoms with E-state index in [0.29, 0.717) is 36.5 Å². The van der Waals surface area contributed by atoms with Crippen molar-refractivity contribution in [1.29, 1.82) is 0 Å². The smallest absolute Gasteiger partial charge is 0.251 e. The Hall–Kier alpha value is -2.01. The van der Waals surface area contributed by atoms with Crippen molar-refractivity contribution in [2.75, 3.05) is 31.6 Å². The number of hydrogen-bond donors (Lipinski definition) is 1. The first-order valence-electron chi connectivity index (χ1n) is 8.20. The van der Waals surface area contributed by atoms with Crippen LogP contribution in [-0.4, -0.2) is 49.5 Å². The summed E-state index contributed by atoms with van der Waals surface area (Å²) in [6, 6.07) is 8.91. The van der Waals surface area contributed by atoms with Crippen LogP contribution in [0, 0.1) is 0 Å². The number of nitrogens with zero attached hydrogens (tertiary/aromatic N) is 2. The summed E-state index contributed by atoms with van der Waals surface area (Å²) >= 11 is 3.25. The van der Waals surface area contributed by atoms with E-state index < -0.39 is 10.0 Å². The number of anilines is 1. The van der Waals surface area contributed by atoms with Crippen molar-refractivity contribution >= 4 is 37.5 Å². The van der Waals surface area contributed by atoms with Crippen LogP contribution in [0.25, 0.3) is 0 Å². The van der Waals surface area contributed by atoms with Crippen LogP contribution >= 0.6 is 15.9 Å². The summed E-state index contributed by atoms with van der Waals surface area (Å²) in [6.45, 7) is 1.25. The van der Waals surface area contributed by atoms with Gasteiger partial charge in [0.25, 0.3) is 5.56 Å². The van der Waals surface area contributed by atoms with Crippen LogP contribution in [0.2, 0.25) is 0 Å². The molecule has 3 rings (SSSR count). The van der Waals surface area contributed by atoms with Gasteiger partial charge in [-0.2, -0.15) is 4.31 Å². The Bertz CT molecular complexity index is 982. The van der Waals surface area contributed by atoms with Gasteiger partial charge in [-0.3, -0.25) is 9.59 Å². The molecule has 0 radical (unpaired) electrons. The molecule has 0 bridgehead atoms. The van der Waals surface area contributed by atoms with Gasteiger partial charge >= 0.3 is 0 Å². The van der Waals surface area contributed by atoms with Crippen LogP contribution in [0.4, 0.5) is 5.69 Å². The second kappa shape index (κ2) is 8.34. The molecule has 144 valence electrons. The zero-order valence-electron chi connectivity index (χ0n) is 14.3. The van der Waals surface area contributed by atoms with Gasteiger partial charge in [-0.05, 0) is 46.3 Å². The van der Waals surface area contributed by atoms with Crippen molar-refractivity contribution in [2.45, 2.75) is 11.4 Å². The van der Waals surface area contributed by atoms with Crippen molar-refractivity contribution in [3.63, 3.8) is 0 Å². The molecule has 8 nitrogen and oxygen atoms in total. The molecule has 2 heterocycles. The van der Waals surface area contributed by atoms with E-state index in [1.807, 2.05) is 0 Å². The number of rotatable bonds is 5. The van der Waals surface area contributed by atoms with Gasteiger partial charge in [0.05, 0.1) is 18.1 Å². The highest BCUT2D eigenvalue weighted by molar-refractivity contribution is 9.10. The van der Waals surface area contributed by atoms with Crippen LogP contribution in [0.5, 0.6) is 0 Å². The van der Waals surface area contributed by atoms with E-state index in [0.717, 1.165) is 0 Å². The fraction of sp³-hybridized carbons (Fsp3) is 0.294. The highest BCUT2D eigenvalue weighted by Gasteiger charge is 2.26. The van der Waals surface area contributed by atoms with Crippen LogP contribution in [-0.2, 0) is 26.1 Å². The van der Waals surface area contributed by atoms with E-state index in [9.17, 15) is 18.0 Å². The van der Waals surface area contributed by atoms with Gasteiger partial charge in [-0.25, -0.2) is 8.42 Å². The van der Waals surface area contributed by atoms with Gasteiger partial charge in [0, 0.05) is 35.5 Å². The summed E-state index contributed by atoms with van der Waals surface area (Å²) in [7, 11) is -3.58. The van der Waals surface area contributed by atoms with Gasteiger partial charge in [-0.15, -0.1) is 0 Å². The molecular weight excluding hydrogens is 438 g/mol. The number of morpholine rings is 1. The first-order chi connectivity index (χ1) is 12.9. The molecule has 1 aromatic carbocycles. The van der Waals surface area contributed by atoms with Crippen LogP contribution in [0.3, 0.4) is 0 Å². The third kappa shape index (κ3) is 4.83. The summed E-state index contributed by atoms with van der Waals surface area (Å²) in [5, 5.41) is 2.65. The Labute approximate surface area is 164 Å². The number of benzene rings is 1. The first kappa shape index (κ1) is 19.7. The van der Waals surface area contributed by atoms with Crippen LogP contribution in [0.1, 0.15) is 0 Å². The molecule has 2 aromatic rings. The van der Waals surface area contributed by atoms with E-state index in [-0.39, 0.29) is 22.9 Å². The lowest BCUT2D eigenvalue weighted by Crippen LogP contribution is -2.40. The van der Waals surface area contributed by atoms with E-state index in [2.05, 4.69) is 21.2 Å². The molecule has 10 heteroatoms. The number of ether oxygens (including phenoxy) is 1. The minimum atomic E-state index is -3.58. The van der Waals surface area contributed by atoms with Crippen LogP contribution < -0.4 is 10.9 Å². The van der Waals surface area contributed by atoms with E-state index in [1.54, 1.807) is 6.07 Å². The monoisotopic (exact) mass is 455 g/mol. The number of aromatic nitrogens is 1. The van der Waals surface area contributed by atoms with Crippen molar-refractivity contribution in [1.82, 2.24) is 8.87 Å². The Morgan fingerprint density at radius 1 is 1.11 bits per heavy atom. The molecule has 1 fully saturated rings. The van der Waals surface area contributed by atoms with Crippen molar-refractivity contribution in [3.8, 4) is 0 Å². The molecule has 1 aliphatic rings. The maximum Gasteiger partial charge on any atom is 0.251 e. The maximum absolute atomic E-state index is 12.6. The molecule has 0 spiro atoms. The zero-order chi connectivity index (χ0) is 19.4. The number of hydrogen-bond acceptors (Lipinski definition) is 5. The lowest BCUT2D eigenvalue weighted by molar-refractivity contribution is -0.116. The topological polar surface area (TPSA) is 97.7 Å². The highest BCUT2D eigenvalue weighted by atomic mass is 79.9. The Morgan fingerprint density at radius 3 is 2.44 bits per heavy atom. The largest absolute Gasteiger partial charge is 0.379 e. The van der Waals surface area contributed by atoms with Crippen molar-refractivity contribution in [3.05, 3.63) is 57.4 Å². The van der Waals surface area contributed by atoms with Crippen LogP contribution in [0.15, 0.2) is 56.8 Å². The normalized spacial score (nSPS) is 15.4. The fourth-order valence-corrected chi connectivity index (χ4v) is 4.41. The molecule has 1 saturated heterocycles. The highest BCUT2D eigenvalue weighted by Crippen LogP contribution is 2.19. The quantitative estimate of drug-likeness (QED) is 0.731. The third-order valence-electron chi connectivity index (χ3n) is 4.01. The SMILES string of the molecule is O=C(Cn1cc(Br)ccc1=O)Nc1ccc(S(=O)(=O)N2CCOCC2)cc1. The van der Waals surface area contributed by atoms with E-state index in [4.69, 9.17) is 4.74 Å². The van der Waals surface area contributed by atoms with Gasteiger partial charge in [-0.1, -0.05) is 0 Å². The first-order valence-corrected chi connectivity index (χ1v) is 10.4. The summed E-state index contributed by atoms with van der Waals surface area (Å²) in [5.74, 6) is -0.390. The molecule has 1 amide bonds. The number of amides is 1. The standard InChI is InChI=1S/C17H18BrN3O5S/c18-13-1-6-17(23)20(11-13)12-16(22)19-14-2-4-15(5-3-14)27(24,25)21-7-9-26-10-8-21/h1-6,11H,7-10,12H2,(H,19,22). The lowest BCUT2D eigenvalue weighted by atomic mass is 10.3. The number of carbonyl (C=O) groups is 1. The van der Waals surface area contributed by atoms with Gasteiger partial charge in [0.2, 0.25) is 15.9 Å². The summed E-state index contributed by atoms with van der Waals surface area (Å²) in [5.41, 5.74) is 0.157. The predicted molar refractivity (Wildman–Crippen MR) is 103 cm³/mol. The molecule has 0 atom stereocenters. The van der Waals surface area contributed by atoms with Gasteiger partial charge in [0.15, 0.2) is 0 Å². The summed E-state index contributed by atoms with van der Waals surface area (Å²) in [6.07, 6.45) is 1.53. The maximum atomic E-state index is 12.6. The molecule has 1 aromatic heterocycles. The second-order valence-electron chi connectivity index (χ2n) is 5.90. The van der Waals surface area contributed by atoms with Gasteiger partial charge < -0.3 is 14.6 Å². The Morgan fingerprint density at radius 2 is 1.78 bits per heavy atom. The lowest BCUT2D eigenvalue weighted by Gasteiger charge is -2.26. The third-order valence-corrected chi connectivity index (χ3v) is 6.39. The predicted octanol–water partition coefficient (Wildman–Crippen LogP) is 1.27. The zero-order valence-corrected chi connectivity index (χ0v) is 16.7. The summed E-state index contributed by atoms with van der Waals surface area (Å²) in [4.78, 5) is 24.1.